The second-order valence-corrected chi connectivity index (χ2v) is 5.84. The summed E-state index contributed by atoms with van der Waals surface area (Å²) in [7, 11) is 0. The molecule has 0 aliphatic heterocycles. The number of carbonyl (C=O) groups excluding carboxylic acids is 2. The number of esters is 1. The molecule has 1 aromatic carbocycles. The molecule has 0 saturated carbocycles. The van der Waals surface area contributed by atoms with Crippen molar-refractivity contribution in [3.8, 4) is 0 Å². The van der Waals surface area contributed by atoms with Gasteiger partial charge in [0.2, 0.25) is 0 Å². The van der Waals surface area contributed by atoms with Crippen molar-refractivity contribution in [3.63, 3.8) is 0 Å². The van der Waals surface area contributed by atoms with Gasteiger partial charge in [0.25, 0.3) is 5.91 Å². The van der Waals surface area contributed by atoms with E-state index in [1.807, 2.05) is 0 Å². The first-order valence-corrected chi connectivity index (χ1v) is 7.61. The predicted octanol–water partition coefficient (Wildman–Crippen LogP) is 4.49. The third-order valence-electron chi connectivity index (χ3n) is 2.57. The van der Waals surface area contributed by atoms with Gasteiger partial charge < -0.3 is 10.1 Å². The van der Waals surface area contributed by atoms with E-state index in [1.165, 1.54) is 24.4 Å². The molecule has 0 radical (unpaired) electrons. The van der Waals surface area contributed by atoms with Crippen LogP contribution in [0.5, 0.6) is 0 Å². The van der Waals surface area contributed by atoms with Gasteiger partial charge in [0.1, 0.15) is 0 Å². The maximum atomic E-state index is 11.9. The van der Waals surface area contributed by atoms with Crippen LogP contribution in [0, 0.1) is 0 Å². The van der Waals surface area contributed by atoms with Crippen LogP contribution in [0.15, 0.2) is 30.5 Å². The van der Waals surface area contributed by atoms with Crippen LogP contribution in [0.4, 0.5) is 5.82 Å². The number of benzene rings is 1. The first-order chi connectivity index (χ1) is 10.9. The summed E-state index contributed by atoms with van der Waals surface area (Å²) >= 11 is 23.3. The van der Waals surface area contributed by atoms with Gasteiger partial charge in [0, 0.05) is 6.20 Å². The second kappa shape index (κ2) is 7.84. The summed E-state index contributed by atoms with van der Waals surface area (Å²) in [6, 6.07) is 5.93. The quantitative estimate of drug-likeness (QED) is 0.777. The van der Waals surface area contributed by atoms with Crippen molar-refractivity contribution in [2.75, 3.05) is 11.9 Å². The lowest BCUT2D eigenvalue weighted by molar-refractivity contribution is -0.119. The number of amides is 1. The smallest absolute Gasteiger partial charge is 0.340 e. The van der Waals surface area contributed by atoms with Crippen molar-refractivity contribution in [3.05, 3.63) is 56.1 Å². The Morgan fingerprint density at radius 1 is 1.13 bits per heavy atom. The topological polar surface area (TPSA) is 68.3 Å². The van der Waals surface area contributed by atoms with E-state index in [-0.39, 0.29) is 26.4 Å². The highest BCUT2D eigenvalue weighted by Gasteiger charge is 2.16. The fraction of sp³-hybridized carbons (Fsp3) is 0.0714. The van der Waals surface area contributed by atoms with Crippen LogP contribution in [0.2, 0.25) is 20.1 Å². The number of pyridine rings is 1. The minimum Gasteiger partial charge on any atom is -0.452 e. The Hall–Kier alpha value is -1.53. The van der Waals surface area contributed by atoms with E-state index in [0.717, 1.165) is 0 Å². The lowest BCUT2D eigenvalue weighted by Gasteiger charge is -2.08. The van der Waals surface area contributed by atoms with Crippen LogP contribution in [-0.4, -0.2) is 23.5 Å². The number of halogens is 4. The molecule has 2 rings (SSSR count). The largest absolute Gasteiger partial charge is 0.452 e. The number of hydrogen-bond acceptors (Lipinski definition) is 4. The first kappa shape index (κ1) is 17.8. The minimum atomic E-state index is -0.775. The van der Waals surface area contributed by atoms with Crippen molar-refractivity contribution in [2.45, 2.75) is 0 Å². The van der Waals surface area contributed by atoms with Gasteiger partial charge in [-0.25, -0.2) is 9.78 Å². The Morgan fingerprint density at radius 3 is 2.57 bits per heavy atom. The summed E-state index contributed by atoms with van der Waals surface area (Å²) in [6.07, 6.45) is 1.32. The number of nitrogens with zero attached hydrogens (tertiary/aromatic N) is 1. The molecule has 0 spiro atoms. The molecule has 1 N–H and O–H groups in total. The standard InChI is InChI=1S/C14H8Cl4N2O3/c15-7-4-10(17)13(19-5-7)20-11(21)6-23-14(22)8-2-1-3-9(16)12(8)18/h1-5H,6H2,(H,19,20,21). The number of nitrogens with one attached hydrogen (secondary N) is 1. The first-order valence-electron chi connectivity index (χ1n) is 6.10. The highest BCUT2D eigenvalue weighted by atomic mass is 35.5. The van der Waals surface area contributed by atoms with Crippen LogP contribution in [0.25, 0.3) is 0 Å². The average Bonchev–Trinajstić information content (AvgIpc) is 2.50. The minimum absolute atomic E-state index is 0.0574. The van der Waals surface area contributed by atoms with Gasteiger partial charge in [0.15, 0.2) is 12.4 Å². The van der Waals surface area contributed by atoms with E-state index in [1.54, 1.807) is 6.07 Å². The molecule has 0 bridgehead atoms. The lowest BCUT2D eigenvalue weighted by Crippen LogP contribution is -2.21. The zero-order valence-corrected chi connectivity index (χ0v) is 14.3. The summed E-state index contributed by atoms with van der Waals surface area (Å²) in [5.41, 5.74) is 0.0645. The van der Waals surface area contributed by atoms with Crippen LogP contribution in [0.3, 0.4) is 0 Å². The summed E-state index contributed by atoms with van der Waals surface area (Å²) in [5.74, 6) is -1.28. The lowest BCUT2D eigenvalue weighted by atomic mass is 10.2. The van der Waals surface area contributed by atoms with Crippen molar-refractivity contribution < 1.29 is 14.3 Å². The molecule has 23 heavy (non-hydrogen) atoms. The molecule has 0 aliphatic rings. The van der Waals surface area contributed by atoms with Crippen LogP contribution < -0.4 is 5.32 Å². The predicted molar refractivity (Wildman–Crippen MR) is 89.6 cm³/mol. The van der Waals surface area contributed by atoms with E-state index >= 15 is 0 Å². The Labute approximate surface area is 151 Å². The molecule has 120 valence electrons. The van der Waals surface area contributed by atoms with Crippen molar-refractivity contribution in [2.24, 2.45) is 0 Å². The molecule has 1 heterocycles. The summed E-state index contributed by atoms with van der Waals surface area (Å²) in [5, 5.41) is 3.15. The molecule has 0 unspecified atom stereocenters. The number of aromatic nitrogens is 1. The second-order valence-electron chi connectivity index (χ2n) is 4.21. The molecule has 1 amide bonds. The molecule has 0 atom stereocenters. The monoisotopic (exact) mass is 392 g/mol. The Bertz CT molecular complexity index is 768. The highest BCUT2D eigenvalue weighted by molar-refractivity contribution is 6.43. The van der Waals surface area contributed by atoms with E-state index in [0.29, 0.717) is 5.02 Å². The number of ether oxygens (including phenoxy) is 1. The fourth-order valence-electron chi connectivity index (χ4n) is 1.54. The number of rotatable bonds is 4. The molecule has 0 fully saturated rings. The fourth-order valence-corrected chi connectivity index (χ4v) is 2.35. The third-order valence-corrected chi connectivity index (χ3v) is 3.89. The van der Waals surface area contributed by atoms with Crippen molar-refractivity contribution in [1.82, 2.24) is 4.98 Å². The zero-order valence-electron chi connectivity index (χ0n) is 11.3. The van der Waals surface area contributed by atoms with Gasteiger partial charge >= 0.3 is 5.97 Å². The Morgan fingerprint density at radius 2 is 1.87 bits per heavy atom. The van der Waals surface area contributed by atoms with Crippen LogP contribution >= 0.6 is 46.4 Å². The van der Waals surface area contributed by atoms with Gasteiger partial charge in [-0.15, -0.1) is 0 Å². The van der Waals surface area contributed by atoms with Gasteiger partial charge in [-0.3, -0.25) is 4.79 Å². The van der Waals surface area contributed by atoms with Crippen LogP contribution in [-0.2, 0) is 9.53 Å². The molecule has 0 aliphatic carbocycles. The van der Waals surface area contributed by atoms with Gasteiger partial charge in [-0.2, -0.15) is 0 Å². The van der Waals surface area contributed by atoms with E-state index in [4.69, 9.17) is 51.1 Å². The third kappa shape index (κ3) is 4.72. The summed E-state index contributed by atoms with van der Waals surface area (Å²) < 4.78 is 4.87. The number of hydrogen-bond donors (Lipinski definition) is 1. The SMILES string of the molecule is O=C(COC(=O)c1cccc(Cl)c1Cl)Nc1ncc(Cl)cc1Cl. The molecule has 1 aromatic heterocycles. The Balaban J connectivity index is 1.96. The van der Waals surface area contributed by atoms with Gasteiger partial charge in [-0.1, -0.05) is 52.5 Å². The van der Waals surface area contributed by atoms with Crippen molar-refractivity contribution in [1.29, 1.82) is 0 Å². The van der Waals surface area contributed by atoms with Gasteiger partial charge in [0.05, 0.1) is 25.7 Å². The molecule has 0 saturated heterocycles. The normalized spacial score (nSPS) is 10.3. The van der Waals surface area contributed by atoms with Crippen molar-refractivity contribution >= 4 is 64.1 Å². The summed E-state index contributed by atoms with van der Waals surface area (Å²) in [6.45, 7) is -0.539. The molecular formula is C14H8Cl4N2O3. The molecule has 5 nitrogen and oxygen atoms in total. The zero-order chi connectivity index (χ0) is 17.0. The molecule has 2 aromatic rings. The van der Waals surface area contributed by atoms with Crippen LogP contribution in [0.1, 0.15) is 10.4 Å². The van der Waals surface area contributed by atoms with E-state index in [9.17, 15) is 9.59 Å². The summed E-state index contributed by atoms with van der Waals surface area (Å²) in [4.78, 5) is 27.5. The molecule has 9 heteroatoms. The Kier molecular flexibility index (Phi) is 6.07. The number of anilines is 1. The number of carbonyl (C=O) groups is 2. The van der Waals surface area contributed by atoms with E-state index in [2.05, 4.69) is 10.3 Å². The van der Waals surface area contributed by atoms with Gasteiger partial charge in [-0.05, 0) is 18.2 Å². The van der Waals surface area contributed by atoms with E-state index < -0.39 is 18.5 Å². The molecular weight excluding hydrogens is 386 g/mol. The average molecular weight is 394 g/mol. The highest BCUT2D eigenvalue weighted by Crippen LogP contribution is 2.26. The maximum Gasteiger partial charge on any atom is 0.340 e. The maximum absolute atomic E-state index is 11.9.